The van der Waals surface area contributed by atoms with Crippen LogP contribution in [0.15, 0.2) is 0 Å². The molecule has 0 aromatic rings. The van der Waals surface area contributed by atoms with Gasteiger partial charge in [-0.2, -0.15) is 0 Å². The minimum atomic E-state index is -0.594. The summed E-state index contributed by atoms with van der Waals surface area (Å²) in [5.74, 6) is 1.87. The number of nitrogens with zero attached hydrogens (tertiary/aromatic N) is 1. The molecule has 18 heavy (non-hydrogen) atoms. The van der Waals surface area contributed by atoms with E-state index < -0.39 is 6.17 Å². The van der Waals surface area contributed by atoms with Crippen molar-refractivity contribution in [2.75, 3.05) is 32.8 Å². The zero-order chi connectivity index (χ0) is 13.0. The molecule has 1 aliphatic heterocycles. The first-order valence-electron chi connectivity index (χ1n) is 7.67. The van der Waals surface area contributed by atoms with Crippen LogP contribution in [0.1, 0.15) is 39.5 Å². The van der Waals surface area contributed by atoms with Gasteiger partial charge in [-0.15, -0.1) is 0 Å². The molecule has 1 heterocycles. The van der Waals surface area contributed by atoms with Gasteiger partial charge in [-0.1, -0.05) is 13.3 Å². The molecule has 0 spiro atoms. The van der Waals surface area contributed by atoms with E-state index in [1.807, 2.05) is 0 Å². The van der Waals surface area contributed by atoms with Gasteiger partial charge in [0.2, 0.25) is 0 Å². The Hall–Kier alpha value is -0.150. The van der Waals surface area contributed by atoms with Gasteiger partial charge in [-0.25, -0.2) is 4.39 Å². The number of alkyl halides is 1. The van der Waals surface area contributed by atoms with E-state index in [0.717, 1.165) is 51.0 Å². The van der Waals surface area contributed by atoms with Gasteiger partial charge in [0, 0.05) is 26.3 Å². The summed E-state index contributed by atoms with van der Waals surface area (Å²) in [6.07, 6.45) is 4.01. The monoisotopic (exact) mass is 257 g/mol. The highest BCUT2D eigenvalue weighted by molar-refractivity contribution is 4.85. The Morgan fingerprint density at radius 2 is 2.00 bits per heavy atom. The van der Waals surface area contributed by atoms with Crippen LogP contribution >= 0.6 is 0 Å². The van der Waals surface area contributed by atoms with Crippen molar-refractivity contribution in [3.8, 4) is 0 Å². The Kier molecular flexibility index (Phi) is 5.43. The Bertz CT molecular complexity index is 243. The second-order valence-corrected chi connectivity index (χ2v) is 6.10. The molecule has 2 fully saturated rings. The van der Waals surface area contributed by atoms with E-state index in [9.17, 15) is 4.39 Å². The van der Waals surface area contributed by atoms with Crippen molar-refractivity contribution in [1.29, 1.82) is 0 Å². The van der Waals surface area contributed by atoms with E-state index in [1.54, 1.807) is 0 Å². The molecule has 1 saturated heterocycles. The van der Waals surface area contributed by atoms with Crippen LogP contribution in [0.5, 0.6) is 0 Å². The highest BCUT2D eigenvalue weighted by Gasteiger charge is 2.33. The predicted octanol–water partition coefficient (Wildman–Crippen LogP) is 3.12. The standard InChI is InChI=1S/C15H28FNO/c1-3-14-5-6-17(10-15(14)16)9-12-7-13(8-12)11-18-4-2/h12-15H,3-11H2,1-2H3. The lowest BCUT2D eigenvalue weighted by atomic mass is 9.75. The third kappa shape index (κ3) is 3.67. The number of likely N-dealkylation sites (tertiary alicyclic amines) is 1. The van der Waals surface area contributed by atoms with Crippen LogP contribution in [0, 0.1) is 17.8 Å². The molecule has 2 atom stereocenters. The van der Waals surface area contributed by atoms with Crippen molar-refractivity contribution in [2.45, 2.75) is 45.7 Å². The third-order valence-corrected chi connectivity index (χ3v) is 4.69. The smallest absolute Gasteiger partial charge is 0.116 e. The molecule has 0 aromatic carbocycles. The average Bonchev–Trinajstić information content (AvgIpc) is 2.32. The zero-order valence-electron chi connectivity index (χ0n) is 11.9. The summed E-state index contributed by atoms with van der Waals surface area (Å²) in [6, 6.07) is 0. The summed E-state index contributed by atoms with van der Waals surface area (Å²) in [5.41, 5.74) is 0. The first-order chi connectivity index (χ1) is 8.72. The maximum Gasteiger partial charge on any atom is 0.116 e. The van der Waals surface area contributed by atoms with Gasteiger partial charge in [0.1, 0.15) is 6.17 Å². The number of hydrogen-bond acceptors (Lipinski definition) is 2. The average molecular weight is 257 g/mol. The van der Waals surface area contributed by atoms with Crippen LogP contribution < -0.4 is 0 Å². The van der Waals surface area contributed by atoms with Crippen LogP contribution in [0.3, 0.4) is 0 Å². The number of hydrogen-bond donors (Lipinski definition) is 0. The first-order valence-corrected chi connectivity index (χ1v) is 7.67. The van der Waals surface area contributed by atoms with Gasteiger partial charge in [-0.05, 0) is 50.5 Å². The van der Waals surface area contributed by atoms with E-state index in [0.29, 0.717) is 12.5 Å². The van der Waals surface area contributed by atoms with Gasteiger partial charge < -0.3 is 9.64 Å². The number of halogens is 1. The summed E-state index contributed by atoms with van der Waals surface area (Å²) in [4.78, 5) is 2.35. The van der Waals surface area contributed by atoms with Gasteiger partial charge in [0.05, 0.1) is 0 Å². The zero-order valence-corrected chi connectivity index (χ0v) is 11.9. The number of ether oxygens (including phenoxy) is 1. The van der Waals surface area contributed by atoms with Crippen molar-refractivity contribution in [3.05, 3.63) is 0 Å². The van der Waals surface area contributed by atoms with E-state index in [-0.39, 0.29) is 0 Å². The molecule has 2 rings (SSSR count). The lowest BCUT2D eigenvalue weighted by Crippen LogP contribution is -2.46. The molecule has 2 unspecified atom stereocenters. The fraction of sp³-hybridized carbons (Fsp3) is 1.00. The molecule has 1 aliphatic carbocycles. The highest BCUT2D eigenvalue weighted by Crippen LogP contribution is 2.35. The van der Waals surface area contributed by atoms with Crippen molar-refractivity contribution in [1.82, 2.24) is 4.90 Å². The fourth-order valence-corrected chi connectivity index (χ4v) is 3.45. The lowest BCUT2D eigenvalue weighted by molar-refractivity contribution is 0.0171. The molecule has 0 N–H and O–H groups in total. The van der Waals surface area contributed by atoms with Gasteiger partial charge in [0.25, 0.3) is 0 Å². The molecular formula is C15H28FNO. The molecule has 106 valence electrons. The van der Waals surface area contributed by atoms with Crippen LogP contribution in [0.4, 0.5) is 4.39 Å². The predicted molar refractivity (Wildman–Crippen MR) is 72.4 cm³/mol. The molecule has 0 radical (unpaired) electrons. The van der Waals surface area contributed by atoms with Crippen molar-refractivity contribution in [3.63, 3.8) is 0 Å². The quantitative estimate of drug-likeness (QED) is 0.725. The molecule has 2 aliphatic rings. The van der Waals surface area contributed by atoms with Crippen molar-refractivity contribution >= 4 is 0 Å². The summed E-state index contributed by atoms with van der Waals surface area (Å²) in [6.45, 7) is 8.80. The van der Waals surface area contributed by atoms with Gasteiger partial charge in [-0.3, -0.25) is 0 Å². The maximum atomic E-state index is 13.9. The highest BCUT2D eigenvalue weighted by atomic mass is 19.1. The molecule has 0 bridgehead atoms. The Labute approximate surface area is 111 Å². The lowest BCUT2D eigenvalue weighted by Gasteiger charge is -2.41. The molecule has 0 aromatic heterocycles. The van der Waals surface area contributed by atoms with Gasteiger partial charge >= 0.3 is 0 Å². The minimum Gasteiger partial charge on any atom is -0.381 e. The Morgan fingerprint density at radius 1 is 1.22 bits per heavy atom. The third-order valence-electron chi connectivity index (χ3n) is 4.69. The van der Waals surface area contributed by atoms with Crippen LogP contribution in [0.25, 0.3) is 0 Å². The maximum absolute atomic E-state index is 13.9. The summed E-state index contributed by atoms with van der Waals surface area (Å²) in [7, 11) is 0. The van der Waals surface area contributed by atoms with Crippen LogP contribution in [-0.2, 0) is 4.74 Å². The molecular weight excluding hydrogens is 229 g/mol. The largest absolute Gasteiger partial charge is 0.381 e. The van der Waals surface area contributed by atoms with E-state index in [4.69, 9.17) is 4.74 Å². The van der Waals surface area contributed by atoms with Crippen molar-refractivity contribution in [2.24, 2.45) is 17.8 Å². The fourth-order valence-electron chi connectivity index (χ4n) is 3.45. The SMILES string of the molecule is CCOCC1CC(CN2CCC(CC)C(F)C2)C1. The molecule has 0 amide bonds. The Balaban J connectivity index is 1.61. The van der Waals surface area contributed by atoms with E-state index >= 15 is 0 Å². The molecule has 3 heteroatoms. The Morgan fingerprint density at radius 3 is 2.61 bits per heavy atom. The molecule has 1 saturated carbocycles. The normalized spacial score (nSPS) is 37.5. The second kappa shape index (κ2) is 6.85. The van der Waals surface area contributed by atoms with Crippen molar-refractivity contribution < 1.29 is 9.13 Å². The minimum absolute atomic E-state index is 0.313. The summed E-state index contributed by atoms with van der Waals surface area (Å²) < 4.78 is 19.3. The molecule has 2 nitrogen and oxygen atoms in total. The second-order valence-electron chi connectivity index (χ2n) is 6.10. The topological polar surface area (TPSA) is 12.5 Å². The number of rotatable bonds is 6. The van der Waals surface area contributed by atoms with Crippen LogP contribution in [-0.4, -0.2) is 43.9 Å². The van der Waals surface area contributed by atoms with Gasteiger partial charge in [0.15, 0.2) is 0 Å². The first kappa shape index (κ1) is 14.3. The van der Waals surface area contributed by atoms with E-state index in [1.165, 1.54) is 12.8 Å². The van der Waals surface area contributed by atoms with Crippen LogP contribution in [0.2, 0.25) is 0 Å². The summed E-state index contributed by atoms with van der Waals surface area (Å²) in [5, 5.41) is 0. The van der Waals surface area contributed by atoms with E-state index in [2.05, 4.69) is 18.7 Å². The summed E-state index contributed by atoms with van der Waals surface area (Å²) >= 11 is 0. The number of piperidine rings is 1.